The molecule has 0 amide bonds. The molecular weight excluding hydrogens is 982 g/mol. The van der Waals surface area contributed by atoms with Crippen LogP contribution in [0.25, 0.3) is 21.9 Å². The summed E-state index contributed by atoms with van der Waals surface area (Å²) in [6.07, 6.45) is 6.90. The molecule has 8 aromatic carbocycles. The van der Waals surface area contributed by atoms with Gasteiger partial charge in [0.1, 0.15) is 11.2 Å². The lowest BCUT2D eigenvalue weighted by molar-refractivity contribution is 0.332. The van der Waals surface area contributed by atoms with E-state index in [1.807, 2.05) is 0 Å². The number of furan rings is 1. The zero-order valence-electron chi connectivity index (χ0n) is 51.0. The topological polar surface area (TPSA) is 22.9 Å². The van der Waals surface area contributed by atoms with Crippen LogP contribution in [0, 0.1) is 0 Å². The quantitative estimate of drug-likeness (QED) is 0.160. The van der Waals surface area contributed by atoms with Gasteiger partial charge in [0.2, 0.25) is 0 Å². The summed E-state index contributed by atoms with van der Waals surface area (Å²) >= 11 is 0. The Morgan fingerprint density at radius 2 is 0.827 bits per heavy atom. The molecule has 0 fully saturated rings. The van der Waals surface area contributed by atoms with Crippen LogP contribution < -0.4 is 31.1 Å². The number of fused-ring (bicyclic) bond motifs is 10. The van der Waals surface area contributed by atoms with Gasteiger partial charge >= 0.3 is 0 Å². The van der Waals surface area contributed by atoms with E-state index < -0.39 is 0 Å². The van der Waals surface area contributed by atoms with Crippen molar-refractivity contribution >= 4 is 96.2 Å². The first-order chi connectivity index (χ1) is 38.2. The molecule has 9 aromatic rings. The molecule has 1 aromatic heterocycles. The Morgan fingerprint density at radius 1 is 0.395 bits per heavy atom. The summed E-state index contributed by atoms with van der Waals surface area (Å²) in [7, 11) is 0. The molecule has 81 heavy (non-hydrogen) atoms. The third-order valence-electron chi connectivity index (χ3n) is 20.9. The van der Waals surface area contributed by atoms with Crippen molar-refractivity contribution in [2.24, 2.45) is 0 Å². The molecule has 0 spiro atoms. The third-order valence-corrected chi connectivity index (χ3v) is 20.9. The number of hydrogen-bond acceptors (Lipinski definition) is 4. The average Bonchev–Trinajstić information content (AvgIpc) is 3.96. The van der Waals surface area contributed by atoms with Gasteiger partial charge in [0.15, 0.2) is 0 Å². The molecule has 0 unspecified atom stereocenters. The lowest BCUT2D eigenvalue weighted by Gasteiger charge is -2.49. The fourth-order valence-corrected chi connectivity index (χ4v) is 15.6. The minimum atomic E-state index is -0.228. The second kappa shape index (κ2) is 17.3. The summed E-state index contributed by atoms with van der Waals surface area (Å²) < 4.78 is 6.94. The van der Waals surface area contributed by atoms with Crippen molar-refractivity contribution in [2.75, 3.05) is 14.7 Å². The molecule has 2 aliphatic heterocycles. The van der Waals surface area contributed by atoms with Crippen LogP contribution in [0.3, 0.4) is 0 Å². The lowest BCUT2D eigenvalue weighted by Crippen LogP contribution is -2.62. The van der Waals surface area contributed by atoms with Crippen LogP contribution >= 0.6 is 0 Å². The van der Waals surface area contributed by atoms with Gasteiger partial charge in [0.05, 0.1) is 5.69 Å². The molecule has 0 saturated carbocycles. The molecule has 0 atom stereocenters. The van der Waals surface area contributed by atoms with Crippen LogP contribution in [-0.2, 0) is 37.9 Å². The van der Waals surface area contributed by atoms with E-state index in [4.69, 9.17) is 4.42 Å². The highest BCUT2D eigenvalue weighted by atomic mass is 16.3. The maximum atomic E-state index is 6.94. The van der Waals surface area contributed by atoms with Crippen LogP contribution in [0.15, 0.2) is 156 Å². The van der Waals surface area contributed by atoms with E-state index in [9.17, 15) is 0 Å². The second-order valence-corrected chi connectivity index (χ2v) is 30.2. The normalized spacial score (nSPS) is 19.3. The molecule has 5 heteroatoms. The summed E-state index contributed by atoms with van der Waals surface area (Å²) in [6.45, 7) is 36.9. The first-order valence-electron chi connectivity index (χ1n) is 30.4. The molecule has 3 aliphatic carbocycles. The summed E-state index contributed by atoms with van der Waals surface area (Å²) in [5, 5.41) is 2.30. The predicted octanol–water partition coefficient (Wildman–Crippen LogP) is 19.5. The number of rotatable bonds is 5. The van der Waals surface area contributed by atoms with Crippen LogP contribution in [0.2, 0.25) is 0 Å². The number of nitrogens with zero attached hydrogens (tertiary/aromatic N) is 3. The van der Waals surface area contributed by atoms with Gasteiger partial charge in [-0.3, -0.25) is 0 Å². The van der Waals surface area contributed by atoms with E-state index in [2.05, 4.69) is 270 Å². The Kier molecular flexibility index (Phi) is 11.1. The number of benzene rings is 8. The number of para-hydroxylation sites is 3. The van der Waals surface area contributed by atoms with E-state index in [-0.39, 0.29) is 44.6 Å². The molecule has 0 bridgehead atoms. The first kappa shape index (κ1) is 52.1. The van der Waals surface area contributed by atoms with Gasteiger partial charge < -0.3 is 19.1 Å². The zero-order chi connectivity index (χ0) is 56.7. The van der Waals surface area contributed by atoms with Crippen molar-refractivity contribution in [2.45, 2.75) is 180 Å². The maximum absolute atomic E-state index is 6.94. The van der Waals surface area contributed by atoms with E-state index >= 15 is 0 Å². The molecule has 4 nitrogen and oxygen atoms in total. The van der Waals surface area contributed by atoms with Crippen molar-refractivity contribution in [3.05, 3.63) is 191 Å². The molecule has 410 valence electrons. The SMILES string of the molecule is CC(C)(C)c1cc(N2c3cc4c(cc3B3c5cc6c(cc5N(c5ccc7c(c5)C(C)(C)CCC7(C)C)c5cc(N(c7ccccc7)c7ccccc7)cc2c53)C(C)(C)CCC6(C)C)C(C)(C)CCC4(C)C)cc2c1oc1ccccc12. The fourth-order valence-electron chi connectivity index (χ4n) is 15.6. The van der Waals surface area contributed by atoms with Crippen molar-refractivity contribution in [1.29, 1.82) is 0 Å². The monoisotopic (exact) mass is 1060 g/mol. The summed E-state index contributed by atoms with van der Waals surface area (Å²) in [5.74, 6) is 0. The standard InChI is InChI=1S/C76H82BN3O/c1-70(2,3)60-40-50(38-53-52-28-22-23-29-67(52)81-69(53)60)80-64-46-59-57(74(10,11)35-37-76(59,14)15)44-62(64)77-61-43-56-58(75(12,13)36-34-73(56,8)9)45-63(61)79(49-30-31-54-55(39-49)72(6,7)33-32-71(54,4)5)65-41-51(42-66(80)68(65)77)78(47-24-18-16-19-25-47)48-26-20-17-21-27-48/h16-31,38-46H,32-37H2,1-15H3. The maximum Gasteiger partial charge on any atom is 0.252 e. The van der Waals surface area contributed by atoms with Gasteiger partial charge in [-0.15, -0.1) is 0 Å². The van der Waals surface area contributed by atoms with Gasteiger partial charge in [-0.05, 0) is 205 Å². The van der Waals surface area contributed by atoms with Crippen LogP contribution in [0.5, 0.6) is 0 Å². The Labute approximate surface area is 483 Å². The minimum Gasteiger partial charge on any atom is -0.456 e. The lowest BCUT2D eigenvalue weighted by atomic mass is 9.32. The summed E-state index contributed by atoms with van der Waals surface area (Å²) in [4.78, 5) is 7.94. The average molecular weight is 1060 g/mol. The summed E-state index contributed by atoms with van der Waals surface area (Å²) in [5.41, 5.74) is 26.7. The fraction of sp³-hybridized carbons (Fsp3) is 0.368. The predicted molar refractivity (Wildman–Crippen MR) is 347 cm³/mol. The third kappa shape index (κ3) is 7.89. The second-order valence-electron chi connectivity index (χ2n) is 30.2. The van der Waals surface area contributed by atoms with Crippen molar-refractivity contribution in [3.8, 4) is 0 Å². The Bertz CT molecular complexity index is 4030. The Balaban J connectivity index is 1.18. The van der Waals surface area contributed by atoms with Gasteiger partial charge in [0.25, 0.3) is 6.71 Å². The molecule has 0 N–H and O–H groups in total. The van der Waals surface area contributed by atoms with Crippen molar-refractivity contribution in [1.82, 2.24) is 0 Å². The highest BCUT2D eigenvalue weighted by Crippen LogP contribution is 2.56. The minimum absolute atomic E-state index is 0.00249. The molecular formula is C76H82BN3O. The zero-order valence-corrected chi connectivity index (χ0v) is 51.0. The molecule has 0 saturated heterocycles. The molecule has 14 rings (SSSR count). The molecule has 3 heterocycles. The van der Waals surface area contributed by atoms with Crippen LogP contribution in [0.4, 0.5) is 51.2 Å². The first-order valence-corrected chi connectivity index (χ1v) is 30.4. The Hall–Kier alpha value is -6.98. The van der Waals surface area contributed by atoms with E-state index in [0.29, 0.717) is 0 Å². The number of anilines is 9. The summed E-state index contributed by atoms with van der Waals surface area (Å²) in [6, 6.07) is 59.2. The van der Waals surface area contributed by atoms with Crippen molar-refractivity contribution < 1.29 is 4.42 Å². The van der Waals surface area contributed by atoms with E-state index in [0.717, 1.165) is 76.8 Å². The van der Waals surface area contributed by atoms with Gasteiger partial charge in [-0.25, -0.2) is 0 Å². The van der Waals surface area contributed by atoms with Gasteiger partial charge in [-0.2, -0.15) is 0 Å². The van der Waals surface area contributed by atoms with Crippen LogP contribution in [0.1, 0.15) is 181 Å². The number of hydrogen-bond donors (Lipinski definition) is 0. The van der Waals surface area contributed by atoms with E-state index in [1.165, 1.54) is 90.2 Å². The highest BCUT2D eigenvalue weighted by Gasteiger charge is 2.50. The Morgan fingerprint density at radius 3 is 1.32 bits per heavy atom. The highest BCUT2D eigenvalue weighted by molar-refractivity contribution is 7.00. The molecule has 5 aliphatic rings. The van der Waals surface area contributed by atoms with Crippen molar-refractivity contribution in [3.63, 3.8) is 0 Å². The largest absolute Gasteiger partial charge is 0.456 e. The molecule has 0 radical (unpaired) electrons. The smallest absolute Gasteiger partial charge is 0.252 e. The van der Waals surface area contributed by atoms with Crippen LogP contribution in [-0.4, -0.2) is 6.71 Å². The van der Waals surface area contributed by atoms with E-state index in [1.54, 1.807) is 0 Å². The van der Waals surface area contributed by atoms with Gasteiger partial charge in [0, 0.05) is 61.8 Å². The van der Waals surface area contributed by atoms with Gasteiger partial charge in [-0.1, -0.05) is 177 Å².